The molecule has 2 aromatic rings. The van der Waals surface area contributed by atoms with Crippen LogP contribution < -0.4 is 10.1 Å². The molecule has 3 nitrogen and oxygen atoms in total. The third-order valence-corrected chi connectivity index (χ3v) is 4.20. The molecule has 0 radical (unpaired) electrons. The summed E-state index contributed by atoms with van der Waals surface area (Å²) in [6, 6.07) is 14.5. The van der Waals surface area contributed by atoms with Crippen molar-refractivity contribution in [2.24, 2.45) is 0 Å². The highest BCUT2D eigenvalue weighted by atomic mass is 16.5. The number of nitrogens with one attached hydrogen (secondary N) is 1. The van der Waals surface area contributed by atoms with Gasteiger partial charge < -0.3 is 10.1 Å². The number of fused-ring (bicyclic) bond motifs is 1. The fraction of sp³-hybridized carbons (Fsp3) is 0.350. The fourth-order valence-electron chi connectivity index (χ4n) is 2.71. The van der Waals surface area contributed by atoms with Gasteiger partial charge in [-0.2, -0.15) is 0 Å². The van der Waals surface area contributed by atoms with Crippen LogP contribution in [-0.4, -0.2) is 5.91 Å². The minimum atomic E-state index is 0.0763. The van der Waals surface area contributed by atoms with E-state index in [0.717, 1.165) is 23.4 Å². The predicted molar refractivity (Wildman–Crippen MR) is 92.9 cm³/mol. The molecule has 2 aromatic carbocycles. The molecule has 0 atom stereocenters. The second kappa shape index (κ2) is 6.07. The van der Waals surface area contributed by atoms with Crippen LogP contribution in [0.15, 0.2) is 42.5 Å². The van der Waals surface area contributed by atoms with Crippen molar-refractivity contribution in [1.82, 2.24) is 0 Å². The van der Waals surface area contributed by atoms with Crippen molar-refractivity contribution in [2.75, 3.05) is 5.32 Å². The highest BCUT2D eigenvalue weighted by molar-refractivity contribution is 5.94. The second-order valence-corrected chi connectivity index (χ2v) is 7.10. The van der Waals surface area contributed by atoms with Gasteiger partial charge in [0.15, 0.2) is 0 Å². The zero-order valence-electron chi connectivity index (χ0n) is 14.0. The number of hydrogen-bond acceptors (Lipinski definition) is 2. The number of aryl methyl sites for hydroxylation is 1. The van der Waals surface area contributed by atoms with Crippen molar-refractivity contribution in [1.29, 1.82) is 0 Å². The van der Waals surface area contributed by atoms with Crippen LogP contribution in [0, 0.1) is 0 Å². The maximum atomic E-state index is 11.5. The molecule has 0 aliphatic carbocycles. The minimum absolute atomic E-state index is 0.0763. The molecule has 1 amide bonds. The molecule has 0 fully saturated rings. The van der Waals surface area contributed by atoms with E-state index in [-0.39, 0.29) is 11.3 Å². The van der Waals surface area contributed by atoms with E-state index in [0.29, 0.717) is 13.0 Å². The first-order valence-electron chi connectivity index (χ1n) is 8.07. The average Bonchev–Trinajstić information content (AvgIpc) is 2.52. The Morgan fingerprint density at radius 2 is 1.78 bits per heavy atom. The van der Waals surface area contributed by atoms with Gasteiger partial charge in [-0.25, -0.2) is 0 Å². The Morgan fingerprint density at radius 1 is 1.04 bits per heavy atom. The first kappa shape index (κ1) is 15.6. The molecule has 23 heavy (non-hydrogen) atoms. The SMILES string of the molecule is CC(C)(C)c1ccc(COc2ccc3c(c2)NC(=O)CC3)cc1. The third-order valence-electron chi connectivity index (χ3n) is 4.20. The van der Waals surface area contributed by atoms with E-state index in [1.807, 2.05) is 18.2 Å². The Balaban J connectivity index is 1.67. The van der Waals surface area contributed by atoms with E-state index in [9.17, 15) is 4.79 Å². The Labute approximate surface area is 137 Å². The van der Waals surface area contributed by atoms with Gasteiger partial charge in [0, 0.05) is 18.2 Å². The van der Waals surface area contributed by atoms with Gasteiger partial charge in [-0.1, -0.05) is 51.1 Å². The van der Waals surface area contributed by atoms with Crippen molar-refractivity contribution in [2.45, 2.75) is 45.6 Å². The van der Waals surface area contributed by atoms with E-state index >= 15 is 0 Å². The largest absolute Gasteiger partial charge is 0.489 e. The molecule has 0 aromatic heterocycles. The van der Waals surface area contributed by atoms with Crippen LogP contribution in [0.1, 0.15) is 43.9 Å². The van der Waals surface area contributed by atoms with Crippen LogP contribution in [0.5, 0.6) is 5.75 Å². The maximum Gasteiger partial charge on any atom is 0.224 e. The van der Waals surface area contributed by atoms with Crippen molar-refractivity contribution in [3.8, 4) is 5.75 Å². The second-order valence-electron chi connectivity index (χ2n) is 7.10. The summed E-state index contributed by atoms with van der Waals surface area (Å²) in [5, 5.41) is 2.90. The fourth-order valence-corrected chi connectivity index (χ4v) is 2.71. The third kappa shape index (κ3) is 3.73. The van der Waals surface area contributed by atoms with Gasteiger partial charge >= 0.3 is 0 Å². The van der Waals surface area contributed by atoms with Crippen molar-refractivity contribution in [3.63, 3.8) is 0 Å². The van der Waals surface area contributed by atoms with Crippen LogP contribution in [0.4, 0.5) is 5.69 Å². The summed E-state index contributed by atoms with van der Waals surface area (Å²) in [7, 11) is 0. The Hall–Kier alpha value is -2.29. The quantitative estimate of drug-likeness (QED) is 0.909. The predicted octanol–water partition coefficient (Wildman–Crippen LogP) is 4.45. The smallest absolute Gasteiger partial charge is 0.224 e. The van der Waals surface area contributed by atoms with E-state index in [2.05, 4.69) is 50.4 Å². The van der Waals surface area contributed by atoms with E-state index in [4.69, 9.17) is 4.74 Å². The van der Waals surface area contributed by atoms with Crippen LogP contribution >= 0.6 is 0 Å². The Bertz CT molecular complexity index is 711. The van der Waals surface area contributed by atoms with Gasteiger partial charge in [0.1, 0.15) is 12.4 Å². The summed E-state index contributed by atoms with van der Waals surface area (Å²) >= 11 is 0. The van der Waals surface area contributed by atoms with Crippen LogP contribution in [-0.2, 0) is 23.2 Å². The lowest BCUT2D eigenvalue weighted by Crippen LogP contribution is -2.18. The lowest BCUT2D eigenvalue weighted by molar-refractivity contribution is -0.116. The van der Waals surface area contributed by atoms with Gasteiger partial charge in [0.2, 0.25) is 5.91 Å². The molecule has 1 aliphatic heterocycles. The number of rotatable bonds is 3. The van der Waals surface area contributed by atoms with E-state index in [1.165, 1.54) is 11.1 Å². The first-order chi connectivity index (χ1) is 10.9. The summed E-state index contributed by atoms with van der Waals surface area (Å²) in [5.41, 5.74) is 4.67. The Morgan fingerprint density at radius 3 is 2.48 bits per heavy atom. The molecular weight excluding hydrogens is 286 g/mol. The summed E-state index contributed by atoms with van der Waals surface area (Å²) in [5.74, 6) is 0.860. The molecule has 0 spiro atoms. The van der Waals surface area contributed by atoms with Gasteiger partial charge in [-0.15, -0.1) is 0 Å². The lowest BCUT2D eigenvalue weighted by Gasteiger charge is -2.19. The van der Waals surface area contributed by atoms with Gasteiger partial charge in [-0.3, -0.25) is 4.79 Å². The number of ether oxygens (including phenoxy) is 1. The van der Waals surface area contributed by atoms with E-state index < -0.39 is 0 Å². The summed E-state index contributed by atoms with van der Waals surface area (Å²) in [6.45, 7) is 7.15. The number of carbonyl (C=O) groups is 1. The topological polar surface area (TPSA) is 38.3 Å². The zero-order chi connectivity index (χ0) is 16.4. The monoisotopic (exact) mass is 309 g/mol. The molecule has 3 rings (SSSR count). The van der Waals surface area contributed by atoms with Gasteiger partial charge in [0.25, 0.3) is 0 Å². The first-order valence-corrected chi connectivity index (χ1v) is 8.07. The number of benzene rings is 2. The molecule has 1 heterocycles. The summed E-state index contributed by atoms with van der Waals surface area (Å²) in [6.07, 6.45) is 1.36. The molecular formula is C20H23NO2. The van der Waals surface area contributed by atoms with Gasteiger partial charge in [-0.05, 0) is 34.6 Å². The molecule has 0 unspecified atom stereocenters. The van der Waals surface area contributed by atoms with Gasteiger partial charge in [0.05, 0.1) is 0 Å². The molecule has 1 N–H and O–H groups in total. The summed E-state index contributed by atoms with van der Waals surface area (Å²) < 4.78 is 5.87. The van der Waals surface area contributed by atoms with Crippen LogP contribution in [0.2, 0.25) is 0 Å². The normalized spacial score (nSPS) is 14.1. The van der Waals surface area contributed by atoms with Crippen LogP contribution in [0.25, 0.3) is 0 Å². The molecule has 3 heteroatoms. The molecule has 0 saturated heterocycles. The van der Waals surface area contributed by atoms with Crippen molar-refractivity contribution >= 4 is 11.6 Å². The zero-order valence-corrected chi connectivity index (χ0v) is 14.0. The number of amides is 1. The van der Waals surface area contributed by atoms with Crippen LogP contribution in [0.3, 0.4) is 0 Å². The average molecular weight is 309 g/mol. The molecule has 0 saturated carbocycles. The minimum Gasteiger partial charge on any atom is -0.489 e. The highest BCUT2D eigenvalue weighted by Gasteiger charge is 2.15. The van der Waals surface area contributed by atoms with Crippen molar-refractivity contribution < 1.29 is 9.53 Å². The molecule has 120 valence electrons. The van der Waals surface area contributed by atoms with Crippen molar-refractivity contribution in [3.05, 3.63) is 59.2 Å². The number of carbonyl (C=O) groups excluding carboxylic acids is 1. The maximum absolute atomic E-state index is 11.5. The standard InChI is InChI=1S/C20H23NO2/c1-20(2,3)16-8-4-14(5-9-16)13-23-17-10-6-15-7-11-19(22)21-18(15)12-17/h4-6,8-10,12H,7,11,13H2,1-3H3,(H,21,22). The highest BCUT2D eigenvalue weighted by Crippen LogP contribution is 2.28. The lowest BCUT2D eigenvalue weighted by atomic mass is 9.87. The Kier molecular flexibility index (Phi) is 4.12. The number of anilines is 1. The molecule has 0 bridgehead atoms. The molecule has 1 aliphatic rings. The number of hydrogen-bond donors (Lipinski definition) is 1. The van der Waals surface area contributed by atoms with E-state index in [1.54, 1.807) is 0 Å². The summed E-state index contributed by atoms with van der Waals surface area (Å²) in [4.78, 5) is 11.5.